The maximum Gasteiger partial charge on any atom is 0.0519 e. The largest absolute Gasteiger partial charge is 0.395 e. The van der Waals surface area contributed by atoms with Crippen molar-refractivity contribution in [3.63, 3.8) is 0 Å². The molecule has 0 aliphatic rings. The minimum Gasteiger partial charge on any atom is -0.395 e. The summed E-state index contributed by atoms with van der Waals surface area (Å²) in [6.45, 7) is 8.53. The molecule has 0 bridgehead atoms. The Morgan fingerprint density at radius 1 is 1.60 bits per heavy atom. The number of hydrogen-bond donors (Lipinski definition) is 2. The van der Waals surface area contributed by atoms with Crippen LogP contribution in [0.2, 0.25) is 0 Å². The van der Waals surface area contributed by atoms with Crippen LogP contribution in [0, 0.1) is 5.41 Å². The van der Waals surface area contributed by atoms with Gasteiger partial charge in [-0.2, -0.15) is 0 Å². The lowest BCUT2D eigenvalue weighted by molar-refractivity contribution is 0.187. The van der Waals surface area contributed by atoms with Crippen molar-refractivity contribution >= 4 is 0 Å². The topological polar surface area (TPSA) is 46.2 Å². The molecule has 0 rings (SSSR count). The van der Waals surface area contributed by atoms with E-state index in [9.17, 15) is 0 Å². The van der Waals surface area contributed by atoms with Crippen LogP contribution in [0.4, 0.5) is 0 Å². The summed E-state index contributed by atoms with van der Waals surface area (Å²) in [5.74, 6) is 0. The first kappa shape index (κ1) is 9.66. The van der Waals surface area contributed by atoms with Crippen molar-refractivity contribution in [3.05, 3.63) is 12.2 Å². The average molecular weight is 143 g/mol. The van der Waals surface area contributed by atoms with Gasteiger partial charge in [0.2, 0.25) is 0 Å². The van der Waals surface area contributed by atoms with E-state index in [1.54, 1.807) is 0 Å². The van der Waals surface area contributed by atoms with Crippen molar-refractivity contribution in [2.45, 2.75) is 20.3 Å². The van der Waals surface area contributed by atoms with Gasteiger partial charge >= 0.3 is 0 Å². The van der Waals surface area contributed by atoms with E-state index in [2.05, 4.69) is 6.58 Å². The highest BCUT2D eigenvalue weighted by Crippen LogP contribution is 2.25. The predicted octanol–water partition coefficient (Wildman–Crippen LogP) is 0.910. The highest BCUT2D eigenvalue weighted by molar-refractivity contribution is 5.06. The third-order valence-corrected chi connectivity index (χ3v) is 1.80. The summed E-state index contributed by atoms with van der Waals surface area (Å²) < 4.78 is 0. The first-order valence-electron chi connectivity index (χ1n) is 3.54. The van der Waals surface area contributed by atoms with Gasteiger partial charge in [-0.25, -0.2) is 0 Å². The molecule has 10 heavy (non-hydrogen) atoms. The normalized spacial score (nSPS) is 11.6. The molecule has 0 aliphatic carbocycles. The van der Waals surface area contributed by atoms with Crippen LogP contribution in [0.1, 0.15) is 20.3 Å². The summed E-state index contributed by atoms with van der Waals surface area (Å²) in [7, 11) is 0. The van der Waals surface area contributed by atoms with Crippen molar-refractivity contribution < 1.29 is 5.11 Å². The summed E-state index contributed by atoms with van der Waals surface area (Å²) in [4.78, 5) is 0. The Morgan fingerprint density at radius 3 is 2.40 bits per heavy atom. The molecule has 0 aromatic rings. The zero-order valence-electron chi connectivity index (χ0n) is 6.85. The number of hydrogen-bond acceptors (Lipinski definition) is 2. The van der Waals surface area contributed by atoms with Crippen LogP contribution in [0.3, 0.4) is 0 Å². The Morgan fingerprint density at radius 2 is 2.10 bits per heavy atom. The highest BCUT2D eigenvalue weighted by atomic mass is 16.3. The van der Waals surface area contributed by atoms with Crippen LogP contribution in [0.5, 0.6) is 0 Å². The van der Waals surface area contributed by atoms with Gasteiger partial charge in [-0.15, -0.1) is 0 Å². The van der Waals surface area contributed by atoms with Crippen LogP contribution in [0.25, 0.3) is 0 Å². The molecular weight excluding hydrogens is 126 g/mol. The van der Waals surface area contributed by atoms with Gasteiger partial charge < -0.3 is 10.8 Å². The molecule has 2 heteroatoms. The van der Waals surface area contributed by atoms with Crippen LogP contribution >= 0.6 is 0 Å². The lowest BCUT2D eigenvalue weighted by Gasteiger charge is -2.24. The van der Waals surface area contributed by atoms with Gasteiger partial charge in [0.15, 0.2) is 0 Å². The first-order chi connectivity index (χ1) is 4.54. The fraction of sp³-hybridized carbons (Fsp3) is 0.750. The van der Waals surface area contributed by atoms with Gasteiger partial charge in [0.05, 0.1) is 6.61 Å². The van der Waals surface area contributed by atoms with Crippen LogP contribution < -0.4 is 5.73 Å². The molecule has 0 atom stereocenters. The SMILES string of the molecule is C=C(CCN)C(C)(C)CO. The average Bonchev–Trinajstić information content (AvgIpc) is 1.89. The second kappa shape index (κ2) is 3.74. The van der Waals surface area contributed by atoms with Gasteiger partial charge in [-0.05, 0) is 13.0 Å². The van der Waals surface area contributed by atoms with Crippen LogP contribution in [-0.4, -0.2) is 18.3 Å². The minimum atomic E-state index is -0.167. The minimum absolute atomic E-state index is 0.145. The van der Waals surface area contributed by atoms with Gasteiger partial charge in [-0.3, -0.25) is 0 Å². The van der Waals surface area contributed by atoms with Crippen molar-refractivity contribution in [2.75, 3.05) is 13.2 Å². The van der Waals surface area contributed by atoms with E-state index < -0.39 is 0 Å². The third kappa shape index (κ3) is 2.50. The zero-order chi connectivity index (χ0) is 8.20. The second-order valence-corrected chi connectivity index (χ2v) is 3.18. The Bertz CT molecular complexity index is 118. The number of nitrogens with two attached hydrogens (primary N) is 1. The van der Waals surface area contributed by atoms with Crippen molar-refractivity contribution in [1.29, 1.82) is 0 Å². The smallest absolute Gasteiger partial charge is 0.0519 e. The zero-order valence-corrected chi connectivity index (χ0v) is 6.85. The molecule has 60 valence electrons. The maximum atomic E-state index is 8.89. The first-order valence-corrected chi connectivity index (χ1v) is 3.54. The molecule has 0 heterocycles. The monoisotopic (exact) mass is 143 g/mol. The number of rotatable bonds is 4. The molecule has 0 aromatic heterocycles. The lowest BCUT2D eigenvalue weighted by atomic mass is 9.84. The lowest BCUT2D eigenvalue weighted by Crippen LogP contribution is -2.20. The van der Waals surface area contributed by atoms with Gasteiger partial charge in [0, 0.05) is 5.41 Å². The Hall–Kier alpha value is -0.340. The molecule has 0 aromatic carbocycles. The Labute approximate surface area is 62.7 Å². The molecule has 3 N–H and O–H groups in total. The molecule has 0 unspecified atom stereocenters. The molecule has 0 radical (unpaired) electrons. The summed E-state index contributed by atoms with van der Waals surface area (Å²) >= 11 is 0. The van der Waals surface area contributed by atoms with E-state index in [4.69, 9.17) is 10.8 Å². The summed E-state index contributed by atoms with van der Waals surface area (Å²) in [6.07, 6.45) is 0.799. The van der Waals surface area contributed by atoms with Crippen molar-refractivity contribution in [2.24, 2.45) is 11.1 Å². The van der Waals surface area contributed by atoms with E-state index in [1.807, 2.05) is 13.8 Å². The van der Waals surface area contributed by atoms with Crippen LogP contribution in [0.15, 0.2) is 12.2 Å². The summed E-state index contributed by atoms with van der Waals surface area (Å²) in [5.41, 5.74) is 6.20. The van der Waals surface area contributed by atoms with Crippen molar-refractivity contribution in [1.82, 2.24) is 0 Å². The Balaban J connectivity index is 3.91. The van der Waals surface area contributed by atoms with E-state index in [0.29, 0.717) is 6.54 Å². The number of aliphatic hydroxyl groups is 1. The third-order valence-electron chi connectivity index (χ3n) is 1.80. The second-order valence-electron chi connectivity index (χ2n) is 3.18. The van der Waals surface area contributed by atoms with Gasteiger partial charge in [0.25, 0.3) is 0 Å². The summed E-state index contributed by atoms with van der Waals surface area (Å²) in [5, 5.41) is 8.89. The number of aliphatic hydroxyl groups excluding tert-OH is 1. The van der Waals surface area contributed by atoms with Gasteiger partial charge in [-0.1, -0.05) is 26.0 Å². The Kier molecular flexibility index (Phi) is 3.61. The highest BCUT2D eigenvalue weighted by Gasteiger charge is 2.19. The molecule has 0 fully saturated rings. The standard InChI is InChI=1S/C8H17NO/c1-7(4-5-9)8(2,3)6-10/h10H,1,4-6,9H2,2-3H3. The van der Waals surface area contributed by atoms with Crippen molar-refractivity contribution in [3.8, 4) is 0 Å². The molecule has 2 nitrogen and oxygen atoms in total. The van der Waals surface area contributed by atoms with Gasteiger partial charge in [0.1, 0.15) is 0 Å². The molecule has 0 saturated carbocycles. The predicted molar refractivity (Wildman–Crippen MR) is 43.7 cm³/mol. The van der Waals surface area contributed by atoms with E-state index in [0.717, 1.165) is 12.0 Å². The summed E-state index contributed by atoms with van der Waals surface area (Å²) in [6, 6.07) is 0. The molecule has 0 spiro atoms. The molecule has 0 aliphatic heterocycles. The fourth-order valence-corrected chi connectivity index (χ4v) is 0.624. The van der Waals surface area contributed by atoms with E-state index in [-0.39, 0.29) is 12.0 Å². The van der Waals surface area contributed by atoms with E-state index >= 15 is 0 Å². The fourth-order valence-electron chi connectivity index (χ4n) is 0.624. The van der Waals surface area contributed by atoms with Crippen LogP contribution in [-0.2, 0) is 0 Å². The molecular formula is C8H17NO. The molecule has 0 saturated heterocycles. The quantitative estimate of drug-likeness (QED) is 0.575. The van der Waals surface area contributed by atoms with E-state index in [1.165, 1.54) is 0 Å². The molecule has 0 amide bonds. The maximum absolute atomic E-state index is 8.89.